The molecule has 0 radical (unpaired) electrons. The number of fused-ring (bicyclic) bond motifs is 3. The second kappa shape index (κ2) is 4.85. The Balaban J connectivity index is 2.34. The van der Waals surface area contributed by atoms with Gasteiger partial charge in [-0.1, -0.05) is 31.5 Å². The van der Waals surface area contributed by atoms with Gasteiger partial charge >= 0.3 is 0 Å². The number of hydrogen-bond acceptors (Lipinski definition) is 2. The van der Waals surface area contributed by atoms with Crippen LogP contribution in [0.1, 0.15) is 37.8 Å². The Hall–Kier alpha value is -1.87. The maximum absolute atomic E-state index is 11.1. The summed E-state index contributed by atoms with van der Waals surface area (Å²) in [6.07, 6.45) is 1.79. The first-order valence-corrected chi connectivity index (χ1v) is 7.50. The Morgan fingerprint density at radius 3 is 2.19 bits per heavy atom. The van der Waals surface area contributed by atoms with Crippen LogP contribution in [0.2, 0.25) is 5.02 Å². The third-order valence-corrected chi connectivity index (χ3v) is 4.96. The lowest BCUT2D eigenvalue weighted by molar-refractivity contribution is -0.384. The molecule has 0 amide bonds. The van der Waals surface area contributed by atoms with E-state index in [-0.39, 0.29) is 16.0 Å². The molecule has 0 saturated carbocycles. The Morgan fingerprint density at radius 1 is 1.05 bits per heavy atom. The summed E-state index contributed by atoms with van der Waals surface area (Å²) in [6, 6.07) is 11.1. The van der Waals surface area contributed by atoms with Crippen LogP contribution in [0.15, 0.2) is 36.4 Å². The van der Waals surface area contributed by atoms with Crippen molar-refractivity contribution in [1.82, 2.24) is 0 Å². The predicted molar refractivity (Wildman–Crippen MR) is 84.9 cm³/mol. The molecule has 0 saturated heterocycles. The van der Waals surface area contributed by atoms with E-state index in [1.807, 2.05) is 24.3 Å². The van der Waals surface area contributed by atoms with Crippen LogP contribution in [-0.4, -0.2) is 4.92 Å². The van der Waals surface area contributed by atoms with Gasteiger partial charge in [-0.15, -0.1) is 0 Å². The summed E-state index contributed by atoms with van der Waals surface area (Å²) in [6.45, 7) is 4.25. The molecule has 4 heteroatoms. The average Bonchev–Trinajstić information content (AvgIpc) is 2.76. The molecule has 1 aliphatic rings. The van der Waals surface area contributed by atoms with Crippen molar-refractivity contribution >= 4 is 17.3 Å². The second-order valence-corrected chi connectivity index (χ2v) is 5.90. The van der Waals surface area contributed by atoms with Crippen molar-refractivity contribution in [3.63, 3.8) is 0 Å². The molecule has 108 valence electrons. The first-order chi connectivity index (χ1) is 10.0. The smallest absolute Gasteiger partial charge is 0.258 e. The summed E-state index contributed by atoms with van der Waals surface area (Å²) in [4.78, 5) is 10.8. The minimum absolute atomic E-state index is 0.152. The van der Waals surface area contributed by atoms with Crippen LogP contribution in [0.4, 0.5) is 5.69 Å². The topological polar surface area (TPSA) is 43.1 Å². The van der Waals surface area contributed by atoms with E-state index in [2.05, 4.69) is 13.8 Å². The summed E-state index contributed by atoms with van der Waals surface area (Å²) in [5.74, 6) is 0. The lowest BCUT2D eigenvalue weighted by atomic mass is 9.74. The molecular formula is C17H16ClNO2. The van der Waals surface area contributed by atoms with E-state index in [4.69, 9.17) is 11.6 Å². The Kier molecular flexibility index (Phi) is 3.25. The van der Waals surface area contributed by atoms with Crippen molar-refractivity contribution in [1.29, 1.82) is 0 Å². The minimum atomic E-state index is -0.327. The van der Waals surface area contributed by atoms with Gasteiger partial charge in [0.25, 0.3) is 5.69 Å². The van der Waals surface area contributed by atoms with Crippen LogP contribution in [0.25, 0.3) is 11.1 Å². The number of nitro benzene ring substituents is 1. The zero-order valence-corrected chi connectivity index (χ0v) is 12.8. The molecule has 0 spiro atoms. The molecule has 0 heterocycles. The van der Waals surface area contributed by atoms with Crippen molar-refractivity contribution in [2.75, 3.05) is 0 Å². The van der Waals surface area contributed by atoms with Crippen molar-refractivity contribution < 1.29 is 4.92 Å². The highest BCUT2D eigenvalue weighted by Gasteiger charge is 2.41. The van der Waals surface area contributed by atoms with Crippen molar-refractivity contribution in [3.05, 3.63) is 62.7 Å². The number of hydrogen-bond donors (Lipinski definition) is 0. The predicted octanol–water partition coefficient (Wildman–Crippen LogP) is 5.33. The van der Waals surface area contributed by atoms with E-state index in [0.717, 1.165) is 29.5 Å². The molecule has 0 bridgehead atoms. The molecule has 1 aliphatic carbocycles. The highest BCUT2D eigenvalue weighted by Crippen LogP contribution is 2.53. The molecular weight excluding hydrogens is 286 g/mol. The highest BCUT2D eigenvalue weighted by molar-refractivity contribution is 6.30. The van der Waals surface area contributed by atoms with Gasteiger partial charge in [-0.3, -0.25) is 10.1 Å². The van der Waals surface area contributed by atoms with Crippen molar-refractivity contribution in [2.24, 2.45) is 0 Å². The summed E-state index contributed by atoms with van der Waals surface area (Å²) in [5.41, 5.74) is 4.46. The Morgan fingerprint density at radius 2 is 1.62 bits per heavy atom. The van der Waals surface area contributed by atoms with Crippen LogP contribution in [-0.2, 0) is 5.41 Å². The van der Waals surface area contributed by atoms with Gasteiger partial charge in [0.05, 0.1) is 4.92 Å². The van der Waals surface area contributed by atoms with E-state index in [1.165, 1.54) is 5.56 Å². The molecule has 0 aliphatic heterocycles. The lowest BCUT2D eigenvalue weighted by Crippen LogP contribution is -2.23. The summed E-state index contributed by atoms with van der Waals surface area (Å²) in [7, 11) is 0. The van der Waals surface area contributed by atoms with Gasteiger partial charge in [-0.2, -0.15) is 0 Å². The molecule has 0 atom stereocenters. The number of rotatable bonds is 3. The average molecular weight is 302 g/mol. The molecule has 0 aromatic heterocycles. The van der Waals surface area contributed by atoms with Crippen LogP contribution >= 0.6 is 11.6 Å². The third-order valence-electron chi connectivity index (χ3n) is 4.72. The maximum Gasteiger partial charge on any atom is 0.269 e. The first-order valence-electron chi connectivity index (χ1n) is 7.13. The van der Waals surface area contributed by atoms with Crippen LogP contribution < -0.4 is 0 Å². The normalized spacial score (nSPS) is 14.6. The molecule has 21 heavy (non-hydrogen) atoms. The summed E-state index contributed by atoms with van der Waals surface area (Å²) < 4.78 is 0. The van der Waals surface area contributed by atoms with E-state index in [0.29, 0.717) is 5.02 Å². The van der Waals surface area contributed by atoms with Gasteiger partial charge in [0.15, 0.2) is 0 Å². The lowest BCUT2D eigenvalue weighted by Gasteiger charge is -2.29. The maximum atomic E-state index is 11.1. The van der Waals surface area contributed by atoms with Crippen molar-refractivity contribution in [2.45, 2.75) is 32.1 Å². The van der Waals surface area contributed by atoms with E-state index in [9.17, 15) is 10.1 Å². The van der Waals surface area contributed by atoms with Gasteiger partial charge in [-0.25, -0.2) is 0 Å². The Labute approximate surface area is 128 Å². The van der Waals surface area contributed by atoms with Crippen molar-refractivity contribution in [3.8, 4) is 11.1 Å². The van der Waals surface area contributed by atoms with Gasteiger partial charge < -0.3 is 0 Å². The standard InChI is InChI=1S/C17H16ClNO2/c1-3-17(4-2)15-9-11(18)5-7-13(15)14-8-6-12(19(20)21)10-16(14)17/h5-10H,3-4H2,1-2H3. The van der Waals surface area contributed by atoms with Gasteiger partial charge in [-0.05, 0) is 53.3 Å². The van der Waals surface area contributed by atoms with Gasteiger partial charge in [0, 0.05) is 22.6 Å². The quantitative estimate of drug-likeness (QED) is 0.567. The van der Waals surface area contributed by atoms with Gasteiger partial charge in [0.2, 0.25) is 0 Å². The van der Waals surface area contributed by atoms with Crippen LogP contribution in [0, 0.1) is 10.1 Å². The zero-order valence-electron chi connectivity index (χ0n) is 12.0. The molecule has 0 N–H and O–H groups in total. The fraction of sp³-hybridized carbons (Fsp3) is 0.294. The fourth-order valence-electron chi connectivity index (χ4n) is 3.58. The van der Waals surface area contributed by atoms with E-state index in [1.54, 1.807) is 12.1 Å². The SMILES string of the molecule is CCC1(CC)c2cc(Cl)ccc2-c2ccc([N+](=O)[O-])cc21. The van der Waals surface area contributed by atoms with E-state index >= 15 is 0 Å². The summed E-state index contributed by atoms with van der Waals surface area (Å²) in [5, 5.41) is 11.8. The second-order valence-electron chi connectivity index (χ2n) is 5.47. The monoisotopic (exact) mass is 301 g/mol. The molecule has 3 rings (SSSR count). The molecule has 0 unspecified atom stereocenters. The number of nitro groups is 1. The molecule has 2 aromatic carbocycles. The largest absolute Gasteiger partial charge is 0.269 e. The zero-order chi connectivity index (χ0) is 15.2. The minimum Gasteiger partial charge on any atom is -0.258 e. The fourth-order valence-corrected chi connectivity index (χ4v) is 3.75. The number of benzene rings is 2. The number of nitrogens with zero attached hydrogens (tertiary/aromatic N) is 1. The van der Waals surface area contributed by atoms with Gasteiger partial charge in [0.1, 0.15) is 0 Å². The highest BCUT2D eigenvalue weighted by atomic mass is 35.5. The van der Waals surface area contributed by atoms with Crippen LogP contribution in [0.5, 0.6) is 0 Å². The molecule has 3 nitrogen and oxygen atoms in total. The summed E-state index contributed by atoms with van der Waals surface area (Å²) >= 11 is 6.18. The van der Waals surface area contributed by atoms with E-state index < -0.39 is 0 Å². The Bertz CT molecular complexity index is 736. The molecule has 2 aromatic rings. The first kappa shape index (κ1) is 14.1. The number of halogens is 1. The molecule has 0 fully saturated rings. The third kappa shape index (κ3) is 1.88. The number of non-ortho nitro benzene ring substituents is 1. The van der Waals surface area contributed by atoms with Crippen LogP contribution in [0.3, 0.4) is 0 Å².